The Hall–Kier alpha value is -1.58. The first kappa shape index (κ1) is 17.5. The highest BCUT2D eigenvalue weighted by Crippen LogP contribution is 2.20. The second-order valence-corrected chi connectivity index (χ2v) is 5.32. The second-order valence-electron chi connectivity index (χ2n) is 5.32. The molecule has 0 saturated heterocycles. The molecule has 0 aromatic heterocycles. The van der Waals surface area contributed by atoms with Crippen molar-refractivity contribution in [2.75, 3.05) is 18.4 Å². The Morgan fingerprint density at radius 3 is 2.67 bits per heavy atom. The fourth-order valence-electron chi connectivity index (χ4n) is 2.35. The molecular weight excluding hydrogens is 267 g/mol. The van der Waals surface area contributed by atoms with Gasteiger partial charge in [-0.3, -0.25) is 4.79 Å². The summed E-state index contributed by atoms with van der Waals surface area (Å²) < 4.78 is 13.8. The minimum atomic E-state index is -0.387. The first-order valence-electron chi connectivity index (χ1n) is 7.94. The first-order valence-corrected chi connectivity index (χ1v) is 7.94. The number of hydrogen-bond acceptors (Lipinski definition) is 2. The summed E-state index contributed by atoms with van der Waals surface area (Å²) in [6.45, 7) is 7.41. The molecule has 21 heavy (non-hydrogen) atoms. The topological polar surface area (TPSA) is 41.1 Å². The van der Waals surface area contributed by atoms with E-state index in [1.807, 2.05) is 6.92 Å². The van der Waals surface area contributed by atoms with Gasteiger partial charge < -0.3 is 10.6 Å². The molecule has 0 radical (unpaired) electrons. The van der Waals surface area contributed by atoms with Crippen molar-refractivity contribution in [1.82, 2.24) is 5.32 Å². The molecule has 0 spiro atoms. The molecule has 1 aromatic carbocycles. The van der Waals surface area contributed by atoms with Crippen LogP contribution in [-0.2, 0) is 0 Å². The van der Waals surface area contributed by atoms with Crippen molar-refractivity contribution >= 4 is 11.6 Å². The van der Waals surface area contributed by atoms with E-state index in [9.17, 15) is 9.18 Å². The third-order valence-electron chi connectivity index (χ3n) is 3.71. The van der Waals surface area contributed by atoms with Crippen LogP contribution in [0.5, 0.6) is 0 Å². The molecule has 3 nitrogen and oxygen atoms in total. The maximum Gasteiger partial charge on any atom is 0.253 e. The van der Waals surface area contributed by atoms with Gasteiger partial charge in [0.25, 0.3) is 5.91 Å². The molecule has 1 aromatic rings. The Morgan fingerprint density at radius 1 is 1.29 bits per heavy atom. The molecule has 2 N–H and O–H groups in total. The summed E-state index contributed by atoms with van der Waals surface area (Å²) in [6.07, 6.45) is 4.51. The molecule has 1 unspecified atom stereocenters. The van der Waals surface area contributed by atoms with Gasteiger partial charge in [0, 0.05) is 13.1 Å². The zero-order chi connectivity index (χ0) is 15.7. The molecule has 1 atom stereocenters. The molecule has 0 aliphatic carbocycles. The number of hydrogen-bond donors (Lipinski definition) is 2. The highest BCUT2D eigenvalue weighted by atomic mass is 19.1. The van der Waals surface area contributed by atoms with Crippen LogP contribution in [0.1, 0.15) is 56.8 Å². The summed E-state index contributed by atoms with van der Waals surface area (Å²) in [5, 5.41) is 5.86. The largest absolute Gasteiger partial charge is 0.382 e. The number of halogens is 1. The summed E-state index contributed by atoms with van der Waals surface area (Å²) in [7, 11) is 0. The van der Waals surface area contributed by atoms with E-state index in [4.69, 9.17) is 0 Å². The molecule has 0 bridgehead atoms. The van der Waals surface area contributed by atoms with Crippen molar-refractivity contribution in [3.05, 3.63) is 29.6 Å². The number of carbonyl (C=O) groups is 1. The third kappa shape index (κ3) is 5.37. The van der Waals surface area contributed by atoms with E-state index >= 15 is 0 Å². The zero-order valence-corrected chi connectivity index (χ0v) is 13.3. The quantitative estimate of drug-likeness (QED) is 0.716. The predicted octanol–water partition coefficient (Wildman–Crippen LogP) is 4.20. The number of para-hydroxylation sites is 1. The molecule has 0 saturated carbocycles. The van der Waals surface area contributed by atoms with Crippen LogP contribution in [0, 0.1) is 11.7 Å². The van der Waals surface area contributed by atoms with Gasteiger partial charge in [-0.15, -0.1) is 0 Å². The molecule has 1 amide bonds. The number of unbranched alkanes of at least 4 members (excludes halogenated alkanes) is 1. The van der Waals surface area contributed by atoms with Crippen molar-refractivity contribution in [2.45, 2.75) is 46.5 Å². The average molecular weight is 294 g/mol. The summed E-state index contributed by atoms with van der Waals surface area (Å²) in [4.78, 5) is 12.3. The minimum Gasteiger partial charge on any atom is -0.382 e. The van der Waals surface area contributed by atoms with Crippen molar-refractivity contribution in [2.24, 2.45) is 5.92 Å². The van der Waals surface area contributed by atoms with Gasteiger partial charge in [-0.25, -0.2) is 4.39 Å². The molecule has 1 rings (SSSR count). The van der Waals surface area contributed by atoms with E-state index in [1.54, 1.807) is 12.1 Å². The van der Waals surface area contributed by atoms with Crippen molar-refractivity contribution < 1.29 is 9.18 Å². The van der Waals surface area contributed by atoms with Gasteiger partial charge in [-0.05, 0) is 31.4 Å². The lowest BCUT2D eigenvalue weighted by molar-refractivity contribution is 0.0946. The van der Waals surface area contributed by atoms with Crippen LogP contribution in [0.25, 0.3) is 0 Å². The van der Waals surface area contributed by atoms with E-state index in [2.05, 4.69) is 24.5 Å². The molecular formula is C17H27FN2O. The van der Waals surface area contributed by atoms with Gasteiger partial charge in [0.1, 0.15) is 5.82 Å². The Bertz CT molecular complexity index is 448. The van der Waals surface area contributed by atoms with Crippen LogP contribution in [0.3, 0.4) is 0 Å². The number of carbonyl (C=O) groups excluding carboxylic acids is 1. The normalized spacial score (nSPS) is 12.0. The van der Waals surface area contributed by atoms with Crippen molar-refractivity contribution in [3.63, 3.8) is 0 Å². The first-order chi connectivity index (χ1) is 10.1. The summed E-state index contributed by atoms with van der Waals surface area (Å²) in [5.41, 5.74) is 0.668. The summed E-state index contributed by atoms with van der Waals surface area (Å²) in [6, 6.07) is 4.59. The average Bonchev–Trinajstić information content (AvgIpc) is 2.49. The lowest BCUT2D eigenvalue weighted by Gasteiger charge is -2.17. The van der Waals surface area contributed by atoms with Crippen LogP contribution >= 0.6 is 0 Å². The SMILES string of the molecule is CCCCC(CC)CNC(=O)c1cccc(F)c1NCC. The van der Waals surface area contributed by atoms with Crippen LogP contribution in [0.4, 0.5) is 10.1 Å². The van der Waals surface area contributed by atoms with Gasteiger partial charge in [0.05, 0.1) is 11.3 Å². The maximum absolute atomic E-state index is 13.8. The van der Waals surface area contributed by atoms with Gasteiger partial charge in [-0.2, -0.15) is 0 Å². The smallest absolute Gasteiger partial charge is 0.253 e. The van der Waals surface area contributed by atoms with Crippen LogP contribution < -0.4 is 10.6 Å². The van der Waals surface area contributed by atoms with Gasteiger partial charge >= 0.3 is 0 Å². The van der Waals surface area contributed by atoms with E-state index in [1.165, 1.54) is 18.9 Å². The number of rotatable bonds is 9. The lowest BCUT2D eigenvalue weighted by Crippen LogP contribution is -2.30. The Labute approximate surface area is 127 Å². The molecule has 118 valence electrons. The molecule has 0 heterocycles. The fourth-order valence-corrected chi connectivity index (χ4v) is 2.35. The van der Waals surface area contributed by atoms with Crippen LogP contribution in [-0.4, -0.2) is 19.0 Å². The predicted molar refractivity (Wildman–Crippen MR) is 86.2 cm³/mol. The molecule has 4 heteroatoms. The number of amides is 1. The van der Waals surface area contributed by atoms with Gasteiger partial charge in [-0.1, -0.05) is 39.2 Å². The summed E-state index contributed by atoms with van der Waals surface area (Å²) in [5.74, 6) is -0.104. The lowest BCUT2D eigenvalue weighted by atomic mass is 9.99. The highest BCUT2D eigenvalue weighted by Gasteiger charge is 2.15. The van der Waals surface area contributed by atoms with Gasteiger partial charge in [0.2, 0.25) is 0 Å². The third-order valence-corrected chi connectivity index (χ3v) is 3.71. The monoisotopic (exact) mass is 294 g/mol. The van der Waals surface area contributed by atoms with E-state index < -0.39 is 0 Å². The molecule has 0 aliphatic rings. The van der Waals surface area contributed by atoms with Crippen molar-refractivity contribution in [3.8, 4) is 0 Å². The van der Waals surface area contributed by atoms with Crippen molar-refractivity contribution in [1.29, 1.82) is 0 Å². The zero-order valence-electron chi connectivity index (χ0n) is 13.3. The standard InChI is InChI=1S/C17H27FN2O/c1-4-7-9-13(5-2)12-20-17(21)14-10-8-11-15(18)16(14)19-6-3/h8,10-11,13,19H,4-7,9,12H2,1-3H3,(H,20,21). The van der Waals surface area contributed by atoms with Crippen LogP contribution in [0.2, 0.25) is 0 Å². The number of anilines is 1. The highest BCUT2D eigenvalue weighted by molar-refractivity contribution is 5.99. The van der Waals surface area contributed by atoms with E-state index in [-0.39, 0.29) is 11.7 Å². The summed E-state index contributed by atoms with van der Waals surface area (Å²) >= 11 is 0. The van der Waals surface area contributed by atoms with E-state index in [0.29, 0.717) is 30.3 Å². The fraction of sp³-hybridized carbons (Fsp3) is 0.588. The van der Waals surface area contributed by atoms with E-state index in [0.717, 1.165) is 12.8 Å². The Balaban J connectivity index is 2.69. The Morgan fingerprint density at radius 2 is 2.05 bits per heavy atom. The second kappa shape index (κ2) is 9.37. The maximum atomic E-state index is 13.8. The van der Waals surface area contributed by atoms with Crippen LogP contribution in [0.15, 0.2) is 18.2 Å². The molecule has 0 aliphatic heterocycles. The van der Waals surface area contributed by atoms with Gasteiger partial charge in [0.15, 0.2) is 0 Å². The Kier molecular flexibility index (Phi) is 7.80. The number of nitrogens with one attached hydrogen (secondary N) is 2. The number of benzene rings is 1. The minimum absolute atomic E-state index is 0.208. The molecule has 0 fully saturated rings.